The molecule has 0 aliphatic carbocycles. The molecule has 1 N–H and O–H groups in total. The molecular formula is C22H21ClN2O5. The molecule has 1 heterocycles. The Morgan fingerprint density at radius 1 is 1.13 bits per heavy atom. The molecule has 2 aromatic carbocycles. The van der Waals surface area contributed by atoms with Gasteiger partial charge in [0.25, 0.3) is 5.91 Å². The zero-order valence-electron chi connectivity index (χ0n) is 16.6. The quantitative estimate of drug-likeness (QED) is 0.545. The van der Waals surface area contributed by atoms with E-state index in [9.17, 15) is 9.59 Å². The zero-order valence-corrected chi connectivity index (χ0v) is 17.4. The van der Waals surface area contributed by atoms with Crippen molar-refractivity contribution in [2.45, 2.75) is 27.0 Å². The Kier molecular flexibility index (Phi) is 7.08. The SMILES string of the molecule is Cc1noc(C)c1COc1ccccc1C(=O)OCC(=O)NCc1cccc(Cl)c1. The van der Waals surface area contributed by atoms with Crippen molar-refractivity contribution in [3.63, 3.8) is 0 Å². The van der Waals surface area contributed by atoms with Crippen molar-refractivity contribution in [1.29, 1.82) is 0 Å². The fraction of sp³-hybridized carbons (Fsp3) is 0.227. The molecule has 1 aromatic heterocycles. The van der Waals surface area contributed by atoms with Gasteiger partial charge in [-0.1, -0.05) is 41.0 Å². The molecule has 8 heteroatoms. The van der Waals surface area contributed by atoms with Crippen LogP contribution in [0.2, 0.25) is 5.02 Å². The van der Waals surface area contributed by atoms with E-state index in [1.165, 1.54) is 0 Å². The number of hydrogen-bond donors (Lipinski definition) is 1. The predicted octanol–water partition coefficient (Wildman–Crippen LogP) is 4.00. The molecule has 0 spiro atoms. The molecule has 0 bridgehead atoms. The lowest BCUT2D eigenvalue weighted by molar-refractivity contribution is -0.124. The van der Waals surface area contributed by atoms with Crippen molar-refractivity contribution >= 4 is 23.5 Å². The monoisotopic (exact) mass is 428 g/mol. The number of carbonyl (C=O) groups is 2. The Morgan fingerprint density at radius 3 is 2.67 bits per heavy atom. The van der Waals surface area contributed by atoms with Gasteiger partial charge >= 0.3 is 5.97 Å². The lowest BCUT2D eigenvalue weighted by Crippen LogP contribution is -2.28. The molecule has 0 unspecified atom stereocenters. The molecule has 7 nitrogen and oxygen atoms in total. The van der Waals surface area contributed by atoms with Crippen LogP contribution >= 0.6 is 11.6 Å². The average Bonchev–Trinajstić information content (AvgIpc) is 3.06. The fourth-order valence-electron chi connectivity index (χ4n) is 2.73. The highest BCUT2D eigenvalue weighted by Gasteiger charge is 2.17. The van der Waals surface area contributed by atoms with Crippen LogP contribution in [0.4, 0.5) is 0 Å². The van der Waals surface area contributed by atoms with Crippen molar-refractivity contribution in [3.05, 3.63) is 81.7 Å². The first kappa shape index (κ1) is 21.4. The molecule has 30 heavy (non-hydrogen) atoms. The van der Waals surface area contributed by atoms with E-state index in [1.807, 2.05) is 13.0 Å². The standard InChI is InChI=1S/C22H21ClN2O5/c1-14-19(15(2)30-25-14)12-28-20-9-4-3-8-18(20)22(27)29-13-21(26)24-11-16-6-5-7-17(23)10-16/h3-10H,11-13H2,1-2H3,(H,24,26). The molecule has 0 aliphatic heterocycles. The Hall–Kier alpha value is -3.32. The summed E-state index contributed by atoms with van der Waals surface area (Å²) in [5.74, 6) is -0.0644. The van der Waals surface area contributed by atoms with E-state index in [0.29, 0.717) is 16.5 Å². The predicted molar refractivity (Wildman–Crippen MR) is 110 cm³/mol. The van der Waals surface area contributed by atoms with Crippen LogP contribution in [0, 0.1) is 13.8 Å². The van der Waals surface area contributed by atoms with Crippen LogP contribution in [-0.4, -0.2) is 23.6 Å². The summed E-state index contributed by atoms with van der Waals surface area (Å²) in [5.41, 5.74) is 2.62. The summed E-state index contributed by atoms with van der Waals surface area (Å²) in [6, 6.07) is 13.8. The fourth-order valence-corrected chi connectivity index (χ4v) is 2.94. The van der Waals surface area contributed by atoms with Crippen LogP contribution in [-0.2, 0) is 22.7 Å². The minimum absolute atomic E-state index is 0.200. The third kappa shape index (κ3) is 5.61. The molecule has 3 rings (SSSR count). The van der Waals surface area contributed by atoms with E-state index in [-0.39, 0.29) is 18.7 Å². The van der Waals surface area contributed by atoms with Gasteiger partial charge in [0.1, 0.15) is 23.7 Å². The molecule has 0 radical (unpaired) electrons. The summed E-state index contributed by atoms with van der Waals surface area (Å²) >= 11 is 5.92. The number of benzene rings is 2. The molecule has 3 aromatic rings. The van der Waals surface area contributed by atoms with Crippen LogP contribution in [0.3, 0.4) is 0 Å². The largest absolute Gasteiger partial charge is 0.488 e. The first-order chi connectivity index (χ1) is 14.4. The number of amides is 1. The number of para-hydroxylation sites is 1. The van der Waals surface area contributed by atoms with Crippen molar-refractivity contribution in [1.82, 2.24) is 10.5 Å². The van der Waals surface area contributed by atoms with Crippen molar-refractivity contribution in [3.8, 4) is 5.75 Å². The molecule has 0 atom stereocenters. The summed E-state index contributed by atoms with van der Waals surface area (Å²) < 4.78 is 16.0. The van der Waals surface area contributed by atoms with Gasteiger partial charge in [0.05, 0.1) is 11.3 Å². The second kappa shape index (κ2) is 9.93. The number of aromatic nitrogens is 1. The lowest BCUT2D eigenvalue weighted by Gasteiger charge is -2.11. The number of aryl methyl sites for hydroxylation is 2. The van der Waals surface area contributed by atoms with Gasteiger partial charge in [-0.15, -0.1) is 0 Å². The van der Waals surface area contributed by atoms with Crippen molar-refractivity contribution in [2.75, 3.05) is 6.61 Å². The van der Waals surface area contributed by atoms with Gasteiger partial charge in [0.15, 0.2) is 6.61 Å². The molecule has 0 fully saturated rings. The maximum absolute atomic E-state index is 12.5. The number of nitrogens with one attached hydrogen (secondary N) is 1. The smallest absolute Gasteiger partial charge is 0.342 e. The van der Waals surface area contributed by atoms with Crippen LogP contribution in [0.15, 0.2) is 53.1 Å². The van der Waals surface area contributed by atoms with Gasteiger partial charge in [-0.25, -0.2) is 4.79 Å². The summed E-state index contributed by atoms with van der Waals surface area (Å²) in [6.45, 7) is 3.69. The second-order valence-electron chi connectivity index (χ2n) is 6.57. The van der Waals surface area contributed by atoms with Crippen LogP contribution in [0.1, 0.15) is 32.9 Å². The number of hydrogen-bond acceptors (Lipinski definition) is 6. The molecule has 156 valence electrons. The molecule has 0 aliphatic rings. The highest BCUT2D eigenvalue weighted by atomic mass is 35.5. The highest BCUT2D eigenvalue weighted by molar-refractivity contribution is 6.30. The number of rotatable bonds is 8. The van der Waals surface area contributed by atoms with Gasteiger partial charge in [-0.2, -0.15) is 0 Å². The maximum atomic E-state index is 12.5. The van der Waals surface area contributed by atoms with Gasteiger partial charge in [0, 0.05) is 11.6 Å². The third-order valence-electron chi connectivity index (χ3n) is 4.37. The van der Waals surface area contributed by atoms with E-state index < -0.39 is 18.5 Å². The summed E-state index contributed by atoms with van der Waals surface area (Å²) in [4.78, 5) is 24.5. The average molecular weight is 429 g/mol. The van der Waals surface area contributed by atoms with Gasteiger partial charge in [0.2, 0.25) is 0 Å². The van der Waals surface area contributed by atoms with Gasteiger partial charge in [-0.3, -0.25) is 4.79 Å². The minimum Gasteiger partial charge on any atom is -0.488 e. The Bertz CT molecular complexity index is 1030. The number of esters is 1. The Labute approximate surface area is 178 Å². The Balaban J connectivity index is 1.54. The first-order valence-corrected chi connectivity index (χ1v) is 9.63. The van der Waals surface area contributed by atoms with Gasteiger partial charge in [-0.05, 0) is 43.7 Å². The summed E-state index contributed by atoms with van der Waals surface area (Å²) in [7, 11) is 0. The Morgan fingerprint density at radius 2 is 1.93 bits per heavy atom. The maximum Gasteiger partial charge on any atom is 0.342 e. The van der Waals surface area contributed by atoms with E-state index in [2.05, 4.69) is 10.5 Å². The van der Waals surface area contributed by atoms with E-state index in [1.54, 1.807) is 49.4 Å². The van der Waals surface area contributed by atoms with E-state index in [4.69, 9.17) is 25.6 Å². The lowest BCUT2D eigenvalue weighted by atomic mass is 10.2. The topological polar surface area (TPSA) is 90.7 Å². The van der Waals surface area contributed by atoms with Crippen LogP contribution in [0.25, 0.3) is 0 Å². The second-order valence-corrected chi connectivity index (χ2v) is 7.01. The highest BCUT2D eigenvalue weighted by Crippen LogP contribution is 2.22. The third-order valence-corrected chi connectivity index (χ3v) is 4.61. The van der Waals surface area contributed by atoms with Crippen molar-refractivity contribution < 1.29 is 23.6 Å². The van der Waals surface area contributed by atoms with Gasteiger partial charge < -0.3 is 19.3 Å². The number of carbonyl (C=O) groups excluding carboxylic acids is 2. The number of nitrogens with zero attached hydrogens (tertiary/aromatic N) is 1. The van der Waals surface area contributed by atoms with Crippen LogP contribution in [0.5, 0.6) is 5.75 Å². The number of ether oxygens (including phenoxy) is 2. The van der Waals surface area contributed by atoms with E-state index >= 15 is 0 Å². The molecule has 1 amide bonds. The summed E-state index contributed by atoms with van der Waals surface area (Å²) in [6.07, 6.45) is 0. The normalized spacial score (nSPS) is 10.5. The molecule has 0 saturated carbocycles. The first-order valence-electron chi connectivity index (χ1n) is 9.26. The molecule has 0 saturated heterocycles. The van der Waals surface area contributed by atoms with Crippen molar-refractivity contribution in [2.24, 2.45) is 0 Å². The van der Waals surface area contributed by atoms with Crippen LogP contribution < -0.4 is 10.1 Å². The summed E-state index contributed by atoms with van der Waals surface area (Å²) in [5, 5.41) is 7.15. The zero-order chi connectivity index (χ0) is 21.5. The number of halogens is 1. The minimum atomic E-state index is -0.651. The van der Waals surface area contributed by atoms with E-state index in [0.717, 1.165) is 16.8 Å². The molecular weight excluding hydrogens is 408 g/mol.